The van der Waals surface area contributed by atoms with E-state index >= 15 is 0 Å². The first-order valence-corrected chi connectivity index (χ1v) is 6.06. The second-order valence-corrected chi connectivity index (χ2v) is 5.63. The number of carbonyl (C=O) groups excluding carboxylic acids is 1. The van der Waals surface area contributed by atoms with Crippen LogP contribution in [0.3, 0.4) is 0 Å². The lowest BCUT2D eigenvalue weighted by atomic mass is 9.95. The van der Waals surface area contributed by atoms with Crippen LogP contribution in [0.1, 0.15) is 23.7 Å². The maximum absolute atomic E-state index is 11.7. The first-order valence-electron chi connectivity index (χ1n) is 4.71. The predicted octanol–water partition coefficient (Wildman–Crippen LogP) is 2.33. The Balaban J connectivity index is 2.47. The highest BCUT2D eigenvalue weighted by molar-refractivity contribution is 7.11. The van der Waals surface area contributed by atoms with Gasteiger partial charge in [0, 0.05) is 17.0 Å². The third kappa shape index (κ3) is 3.47. The normalized spacial score (nSPS) is 11.5. The average molecular weight is 247 g/mol. The fraction of sp³-hybridized carbons (Fsp3) is 0.600. The molecule has 0 radical (unpaired) electrons. The predicted molar refractivity (Wildman–Crippen MR) is 63.2 cm³/mol. The van der Waals surface area contributed by atoms with Crippen molar-refractivity contribution in [2.75, 3.05) is 5.88 Å². The zero-order chi connectivity index (χ0) is 11.5. The summed E-state index contributed by atoms with van der Waals surface area (Å²) in [7, 11) is 0. The molecule has 1 N–H and O–H groups in total. The van der Waals surface area contributed by atoms with Gasteiger partial charge in [0.05, 0.1) is 17.0 Å². The van der Waals surface area contributed by atoms with E-state index in [1.165, 1.54) is 0 Å². The molecule has 15 heavy (non-hydrogen) atoms. The number of rotatable bonds is 4. The highest BCUT2D eigenvalue weighted by Crippen LogP contribution is 2.18. The fourth-order valence-electron chi connectivity index (χ4n) is 0.954. The number of aromatic nitrogens is 1. The van der Waals surface area contributed by atoms with E-state index in [2.05, 4.69) is 10.3 Å². The van der Waals surface area contributed by atoms with E-state index in [1.807, 2.05) is 20.8 Å². The van der Waals surface area contributed by atoms with Gasteiger partial charge in [-0.25, -0.2) is 4.98 Å². The van der Waals surface area contributed by atoms with Gasteiger partial charge in [0.2, 0.25) is 5.91 Å². The van der Waals surface area contributed by atoms with Crippen molar-refractivity contribution in [1.29, 1.82) is 0 Å². The Morgan fingerprint density at radius 2 is 2.33 bits per heavy atom. The Hall–Kier alpha value is -0.610. The van der Waals surface area contributed by atoms with E-state index in [0.29, 0.717) is 12.4 Å². The van der Waals surface area contributed by atoms with Gasteiger partial charge in [-0.3, -0.25) is 4.79 Å². The molecule has 3 nitrogen and oxygen atoms in total. The minimum Gasteiger partial charge on any atom is -0.351 e. The minimum atomic E-state index is -0.513. The van der Waals surface area contributed by atoms with Crippen LogP contribution in [0.2, 0.25) is 0 Å². The smallest absolute Gasteiger partial charge is 0.227 e. The second kappa shape index (κ2) is 4.94. The van der Waals surface area contributed by atoms with Gasteiger partial charge < -0.3 is 5.32 Å². The number of hydrogen-bond acceptors (Lipinski definition) is 3. The molecule has 5 heteroatoms. The molecule has 0 aliphatic heterocycles. The maximum Gasteiger partial charge on any atom is 0.227 e. The Labute approximate surface area is 98.9 Å². The Bertz CT molecular complexity index is 349. The third-order valence-electron chi connectivity index (χ3n) is 2.04. The molecule has 0 aliphatic carbocycles. The van der Waals surface area contributed by atoms with Crippen LogP contribution in [0.15, 0.2) is 6.20 Å². The first-order chi connectivity index (χ1) is 6.95. The van der Waals surface area contributed by atoms with Crippen LogP contribution < -0.4 is 5.32 Å². The highest BCUT2D eigenvalue weighted by atomic mass is 35.5. The molecule has 1 rings (SSSR count). The lowest BCUT2D eigenvalue weighted by Gasteiger charge is -2.19. The quantitative estimate of drug-likeness (QED) is 0.829. The summed E-state index contributed by atoms with van der Waals surface area (Å²) >= 11 is 7.29. The number of amides is 1. The van der Waals surface area contributed by atoms with E-state index in [-0.39, 0.29) is 5.91 Å². The third-order valence-corrected chi connectivity index (χ3v) is 3.62. The number of nitrogens with zero attached hydrogens (tertiary/aromatic N) is 1. The van der Waals surface area contributed by atoms with Crippen LogP contribution in [0.5, 0.6) is 0 Å². The number of halogens is 1. The van der Waals surface area contributed by atoms with Crippen LogP contribution in [-0.4, -0.2) is 16.8 Å². The summed E-state index contributed by atoms with van der Waals surface area (Å²) in [5.41, 5.74) is -0.513. The number of hydrogen-bond donors (Lipinski definition) is 1. The fourth-order valence-corrected chi connectivity index (χ4v) is 1.81. The van der Waals surface area contributed by atoms with E-state index < -0.39 is 5.41 Å². The largest absolute Gasteiger partial charge is 0.351 e. The van der Waals surface area contributed by atoms with Crippen molar-refractivity contribution in [3.63, 3.8) is 0 Å². The molecule has 0 aromatic carbocycles. The van der Waals surface area contributed by atoms with Crippen molar-refractivity contribution in [3.05, 3.63) is 16.1 Å². The molecule has 1 heterocycles. The van der Waals surface area contributed by atoms with Crippen molar-refractivity contribution in [3.8, 4) is 0 Å². The van der Waals surface area contributed by atoms with E-state index in [0.717, 1.165) is 9.88 Å². The van der Waals surface area contributed by atoms with Gasteiger partial charge in [-0.05, 0) is 20.8 Å². The van der Waals surface area contributed by atoms with Crippen LogP contribution in [0, 0.1) is 12.3 Å². The van der Waals surface area contributed by atoms with Gasteiger partial charge in [-0.2, -0.15) is 0 Å². The van der Waals surface area contributed by atoms with Gasteiger partial charge >= 0.3 is 0 Å². The number of nitrogens with one attached hydrogen (secondary N) is 1. The van der Waals surface area contributed by atoms with Gasteiger partial charge in [-0.1, -0.05) is 0 Å². The molecule has 0 unspecified atom stereocenters. The lowest BCUT2D eigenvalue weighted by molar-refractivity contribution is -0.128. The molecule has 0 bridgehead atoms. The number of alkyl halides is 1. The van der Waals surface area contributed by atoms with Crippen molar-refractivity contribution < 1.29 is 4.79 Å². The Morgan fingerprint density at radius 3 is 2.80 bits per heavy atom. The van der Waals surface area contributed by atoms with Crippen molar-refractivity contribution in [1.82, 2.24) is 10.3 Å². The zero-order valence-electron chi connectivity index (χ0n) is 9.13. The summed E-state index contributed by atoms with van der Waals surface area (Å²) in [6.07, 6.45) is 1.79. The number of aryl methyl sites for hydroxylation is 1. The second-order valence-electron chi connectivity index (χ2n) is 4.05. The molecular formula is C10H15ClN2OS. The first kappa shape index (κ1) is 12.5. The van der Waals surface area contributed by atoms with Crippen molar-refractivity contribution in [2.45, 2.75) is 27.3 Å². The summed E-state index contributed by atoms with van der Waals surface area (Å²) < 4.78 is 0. The molecule has 1 amide bonds. The van der Waals surface area contributed by atoms with Crippen molar-refractivity contribution in [2.24, 2.45) is 5.41 Å². The topological polar surface area (TPSA) is 42.0 Å². The van der Waals surface area contributed by atoms with E-state index in [9.17, 15) is 4.79 Å². The van der Waals surface area contributed by atoms with Crippen molar-refractivity contribution >= 4 is 28.8 Å². The molecule has 0 fully saturated rings. The SMILES string of the molecule is Cc1ncc(CNC(=O)C(C)(C)CCl)s1. The standard InChI is InChI=1S/C10H15ClN2OS/c1-7-12-4-8(15-7)5-13-9(14)10(2,3)6-11/h4H,5-6H2,1-3H3,(H,13,14). The molecular weight excluding hydrogens is 232 g/mol. The van der Waals surface area contributed by atoms with Crippen LogP contribution >= 0.6 is 22.9 Å². The molecule has 0 atom stereocenters. The van der Waals surface area contributed by atoms with E-state index in [1.54, 1.807) is 17.5 Å². The number of thiazole rings is 1. The highest BCUT2D eigenvalue weighted by Gasteiger charge is 2.25. The lowest BCUT2D eigenvalue weighted by Crippen LogP contribution is -2.37. The minimum absolute atomic E-state index is 0.0245. The molecule has 1 aromatic rings. The average Bonchev–Trinajstić information content (AvgIpc) is 2.60. The molecule has 0 saturated carbocycles. The molecule has 0 aliphatic rings. The van der Waals surface area contributed by atoms with Gasteiger partial charge in [-0.15, -0.1) is 22.9 Å². The molecule has 1 aromatic heterocycles. The zero-order valence-corrected chi connectivity index (χ0v) is 10.7. The maximum atomic E-state index is 11.7. The summed E-state index contributed by atoms with van der Waals surface area (Å²) in [5, 5.41) is 3.86. The summed E-state index contributed by atoms with van der Waals surface area (Å²) in [6.45, 7) is 6.13. The van der Waals surface area contributed by atoms with Gasteiger partial charge in [0.15, 0.2) is 0 Å². The van der Waals surface area contributed by atoms with E-state index in [4.69, 9.17) is 11.6 Å². The molecule has 84 valence electrons. The Morgan fingerprint density at radius 1 is 1.67 bits per heavy atom. The molecule has 0 spiro atoms. The van der Waals surface area contributed by atoms with Gasteiger partial charge in [0.1, 0.15) is 0 Å². The van der Waals surface area contributed by atoms with Crippen LogP contribution in [0.4, 0.5) is 0 Å². The Kier molecular flexibility index (Phi) is 4.11. The van der Waals surface area contributed by atoms with Crippen LogP contribution in [0.25, 0.3) is 0 Å². The summed E-state index contributed by atoms with van der Waals surface area (Å²) in [4.78, 5) is 16.8. The summed E-state index contributed by atoms with van der Waals surface area (Å²) in [5.74, 6) is 0.296. The van der Waals surface area contributed by atoms with Gasteiger partial charge in [0.25, 0.3) is 0 Å². The number of carbonyl (C=O) groups is 1. The summed E-state index contributed by atoms with van der Waals surface area (Å²) in [6, 6.07) is 0. The van der Waals surface area contributed by atoms with Crippen LogP contribution in [-0.2, 0) is 11.3 Å². The molecule has 0 saturated heterocycles. The monoisotopic (exact) mass is 246 g/mol.